The fraction of sp³-hybridized carbons (Fsp3) is 0.500. The molecule has 0 aromatic heterocycles. The van der Waals surface area contributed by atoms with Gasteiger partial charge in [-0.25, -0.2) is 0 Å². The second-order valence-electron chi connectivity index (χ2n) is 3.33. The summed E-state index contributed by atoms with van der Waals surface area (Å²) in [5.41, 5.74) is 1.74. The molecule has 7 nitrogen and oxygen atoms in total. The van der Waals surface area contributed by atoms with Gasteiger partial charge in [-0.1, -0.05) is 0 Å². The Kier molecular flexibility index (Phi) is 3.08. The predicted octanol–water partition coefficient (Wildman–Crippen LogP) is -3.01. The Balaban J connectivity index is 2.95. The first-order valence-corrected chi connectivity index (χ1v) is 4.21. The molecule has 7 heteroatoms. The van der Waals surface area contributed by atoms with Gasteiger partial charge in [0, 0.05) is 0 Å². The number of hydrogen-bond acceptors (Lipinski definition) is 7. The van der Waals surface area contributed by atoms with Crippen LogP contribution in [0.1, 0.15) is 0 Å². The summed E-state index contributed by atoms with van der Waals surface area (Å²) < 4.78 is 0. The second kappa shape index (κ2) is 3.97. The third-order valence-corrected chi connectivity index (χ3v) is 2.25. The minimum Gasteiger partial charge on any atom is -0.394 e. The van der Waals surface area contributed by atoms with Crippen molar-refractivity contribution in [1.29, 1.82) is 0 Å². The number of aliphatic hydroxyl groups excluding tert-OH is 3. The molecule has 0 spiro atoms. The van der Waals surface area contributed by atoms with Crippen LogP contribution in [-0.4, -0.2) is 40.7 Å². The van der Waals surface area contributed by atoms with E-state index in [2.05, 4.69) is 5.32 Å². The molecule has 84 valence electrons. The average molecular weight is 216 g/mol. The molecule has 1 aromatic carbocycles. The Labute approximate surface area is 84.5 Å². The van der Waals surface area contributed by atoms with Gasteiger partial charge in [0.25, 0.3) is 10.9 Å². The quantitative estimate of drug-likeness (QED) is 0.331. The minimum atomic E-state index is -1.45. The first-order valence-electron chi connectivity index (χ1n) is 4.21. The summed E-state index contributed by atoms with van der Waals surface area (Å²) >= 11 is 0. The molecule has 0 saturated heterocycles. The molecule has 0 atom stereocenters. The molecule has 6 N–H and O–H groups in total. The van der Waals surface area contributed by atoms with Crippen LogP contribution < -0.4 is 21.9 Å². The summed E-state index contributed by atoms with van der Waals surface area (Å²) in [7, 11) is 0. The van der Waals surface area contributed by atoms with Gasteiger partial charge < -0.3 is 26.4 Å². The Morgan fingerprint density at radius 3 is 1.87 bits per heavy atom. The van der Waals surface area contributed by atoms with E-state index in [-0.39, 0.29) is 11.4 Å². The van der Waals surface area contributed by atoms with Gasteiger partial charge in [-0.05, 0) is 0 Å². The number of hydrogen-bond donors (Lipinski definition) is 5. The van der Waals surface area contributed by atoms with Crippen LogP contribution in [-0.2, 0) is 0 Å². The maximum Gasteiger partial charge on any atom is 0.253 e. The molecule has 1 rings (SSSR count). The Morgan fingerprint density at radius 2 is 1.53 bits per heavy atom. The van der Waals surface area contributed by atoms with Crippen LogP contribution in [0.3, 0.4) is 0 Å². The predicted molar refractivity (Wildman–Crippen MR) is 53.4 cm³/mol. The smallest absolute Gasteiger partial charge is 0.253 e. The number of nitrogen functional groups attached to an aromatic ring is 1. The maximum absolute atomic E-state index is 11.0. The summed E-state index contributed by atoms with van der Waals surface area (Å²) in [6.45, 7) is -1.80. The highest BCUT2D eigenvalue weighted by molar-refractivity contribution is 5.72. The number of aliphatic hydroxyl groups is 3. The Bertz CT molecular complexity index is 408. The minimum absolute atomic E-state index is 0.169. The molecule has 0 fully saturated rings. The van der Waals surface area contributed by atoms with Crippen molar-refractivity contribution < 1.29 is 15.3 Å². The Morgan fingerprint density at radius 1 is 1.07 bits per heavy atom. The summed E-state index contributed by atoms with van der Waals surface area (Å²) in [5.74, 6) is 0. The van der Waals surface area contributed by atoms with Crippen LogP contribution in [0.25, 0.3) is 0 Å². The van der Waals surface area contributed by atoms with Gasteiger partial charge in [0.15, 0.2) is 0 Å². The van der Waals surface area contributed by atoms with E-state index in [1.165, 1.54) is 0 Å². The zero-order chi connectivity index (χ0) is 11.6. The number of rotatable bonds is 5. The van der Waals surface area contributed by atoms with Gasteiger partial charge in [-0.3, -0.25) is 9.59 Å². The standard InChI is InChI=1S/C8H12N2O5/c9-4-5(7(15)6(4)14)10-8(1-11,2-12)3-13/h10-13H,1-3,9H2. The van der Waals surface area contributed by atoms with Gasteiger partial charge in [0.2, 0.25) is 0 Å². The number of nitrogens with one attached hydrogen (secondary N) is 1. The van der Waals surface area contributed by atoms with Crippen molar-refractivity contribution in [2.24, 2.45) is 0 Å². The highest BCUT2D eigenvalue weighted by Gasteiger charge is 2.32. The molecular formula is C8H12N2O5. The van der Waals surface area contributed by atoms with E-state index in [9.17, 15) is 9.59 Å². The second-order valence-corrected chi connectivity index (χ2v) is 3.33. The SMILES string of the molecule is Nc1c(NC(CO)(CO)CO)c(=O)c1=O. The summed E-state index contributed by atoms with van der Waals surface area (Å²) in [4.78, 5) is 21.8. The molecule has 0 heterocycles. The van der Waals surface area contributed by atoms with Crippen molar-refractivity contribution in [1.82, 2.24) is 0 Å². The molecule has 0 aliphatic carbocycles. The average Bonchev–Trinajstić information content (AvgIpc) is 2.30. The molecular weight excluding hydrogens is 204 g/mol. The molecule has 15 heavy (non-hydrogen) atoms. The van der Waals surface area contributed by atoms with Gasteiger partial charge in [-0.2, -0.15) is 0 Å². The first-order chi connectivity index (χ1) is 7.01. The Hall–Kier alpha value is -1.44. The monoisotopic (exact) mass is 216 g/mol. The highest BCUT2D eigenvalue weighted by Crippen LogP contribution is 2.16. The topological polar surface area (TPSA) is 133 Å². The number of nitrogens with two attached hydrogens (primary N) is 1. The lowest BCUT2D eigenvalue weighted by atomic mass is 10.0. The summed E-state index contributed by atoms with van der Waals surface area (Å²) in [5, 5.41) is 29.2. The third-order valence-electron chi connectivity index (χ3n) is 2.25. The summed E-state index contributed by atoms with van der Waals surface area (Å²) in [6.07, 6.45) is 0. The van der Waals surface area contributed by atoms with Crippen LogP contribution in [0.2, 0.25) is 0 Å². The fourth-order valence-electron chi connectivity index (χ4n) is 1.07. The first kappa shape index (κ1) is 11.6. The van der Waals surface area contributed by atoms with Crippen molar-refractivity contribution in [3.05, 3.63) is 20.4 Å². The molecule has 0 aliphatic rings. The van der Waals surface area contributed by atoms with Crippen LogP contribution in [0.5, 0.6) is 0 Å². The van der Waals surface area contributed by atoms with Crippen LogP contribution in [0.4, 0.5) is 11.4 Å². The lowest BCUT2D eigenvalue weighted by molar-refractivity contribution is 0.0833. The van der Waals surface area contributed by atoms with E-state index < -0.39 is 36.2 Å². The van der Waals surface area contributed by atoms with Gasteiger partial charge in [-0.15, -0.1) is 0 Å². The lowest BCUT2D eigenvalue weighted by Crippen LogP contribution is -2.53. The van der Waals surface area contributed by atoms with E-state index in [1.54, 1.807) is 0 Å². The fourth-order valence-corrected chi connectivity index (χ4v) is 1.07. The van der Waals surface area contributed by atoms with Crippen LogP contribution in [0, 0.1) is 0 Å². The summed E-state index contributed by atoms with van der Waals surface area (Å²) in [6, 6.07) is 0. The van der Waals surface area contributed by atoms with Crippen LogP contribution in [0.15, 0.2) is 9.59 Å². The molecule has 0 bridgehead atoms. The normalized spacial score (nSPS) is 11.9. The van der Waals surface area contributed by atoms with Gasteiger partial charge in [0.1, 0.15) is 16.9 Å². The van der Waals surface area contributed by atoms with E-state index in [1.807, 2.05) is 0 Å². The molecule has 0 aliphatic heterocycles. The number of anilines is 2. The van der Waals surface area contributed by atoms with E-state index in [4.69, 9.17) is 21.1 Å². The lowest BCUT2D eigenvalue weighted by Gasteiger charge is -2.30. The zero-order valence-corrected chi connectivity index (χ0v) is 7.86. The van der Waals surface area contributed by atoms with Crippen molar-refractivity contribution in [2.75, 3.05) is 30.9 Å². The van der Waals surface area contributed by atoms with Gasteiger partial charge >= 0.3 is 0 Å². The van der Waals surface area contributed by atoms with Crippen LogP contribution >= 0.6 is 0 Å². The third kappa shape index (κ3) is 1.72. The van der Waals surface area contributed by atoms with E-state index in [0.29, 0.717) is 0 Å². The van der Waals surface area contributed by atoms with Crippen molar-refractivity contribution in [3.8, 4) is 0 Å². The highest BCUT2D eigenvalue weighted by atomic mass is 16.3. The molecule has 0 saturated carbocycles. The van der Waals surface area contributed by atoms with Crippen molar-refractivity contribution in [3.63, 3.8) is 0 Å². The largest absolute Gasteiger partial charge is 0.394 e. The van der Waals surface area contributed by atoms with Gasteiger partial charge in [0.05, 0.1) is 19.8 Å². The molecule has 0 unspecified atom stereocenters. The van der Waals surface area contributed by atoms with Crippen molar-refractivity contribution >= 4 is 11.4 Å². The zero-order valence-electron chi connectivity index (χ0n) is 7.86. The molecule has 0 amide bonds. The van der Waals surface area contributed by atoms with E-state index >= 15 is 0 Å². The maximum atomic E-state index is 11.0. The van der Waals surface area contributed by atoms with Crippen molar-refractivity contribution in [2.45, 2.75) is 5.54 Å². The molecule has 1 aromatic rings. The molecule has 0 radical (unpaired) electrons. The van der Waals surface area contributed by atoms with E-state index in [0.717, 1.165) is 0 Å².